The summed E-state index contributed by atoms with van der Waals surface area (Å²) in [4.78, 5) is 39.4. The Kier molecular flexibility index (Phi) is 7.32. The molecule has 4 heterocycles. The normalized spacial score (nSPS) is 12.4. The van der Waals surface area contributed by atoms with E-state index >= 15 is 0 Å². The molecule has 0 unspecified atom stereocenters. The maximum absolute atomic E-state index is 10.9. The second-order valence-corrected chi connectivity index (χ2v) is 9.23. The van der Waals surface area contributed by atoms with Gasteiger partial charge in [0.2, 0.25) is 0 Å². The van der Waals surface area contributed by atoms with Crippen molar-refractivity contribution < 1.29 is 19.8 Å². The third kappa shape index (κ3) is 5.56. The van der Waals surface area contributed by atoms with Gasteiger partial charge in [-0.3, -0.25) is 19.6 Å². The van der Waals surface area contributed by atoms with Crippen molar-refractivity contribution in [1.29, 1.82) is 0 Å². The first-order valence-corrected chi connectivity index (χ1v) is 12.6. The molecule has 0 saturated carbocycles. The van der Waals surface area contributed by atoms with Crippen molar-refractivity contribution in [2.75, 3.05) is 10.6 Å². The summed E-state index contributed by atoms with van der Waals surface area (Å²) in [7, 11) is 0. The number of benzene rings is 2. The van der Waals surface area contributed by atoms with Crippen molar-refractivity contribution in [2.24, 2.45) is 0 Å². The van der Waals surface area contributed by atoms with E-state index in [4.69, 9.17) is 10.2 Å². The van der Waals surface area contributed by atoms with Crippen molar-refractivity contribution in [1.82, 2.24) is 19.9 Å². The first-order chi connectivity index (χ1) is 19.3. The van der Waals surface area contributed by atoms with Crippen LogP contribution in [0.5, 0.6) is 0 Å². The highest BCUT2D eigenvalue weighted by molar-refractivity contribution is 6.04. The Labute approximate surface area is 228 Å². The fraction of sp³-hybridized carbons (Fsp3) is 0.133. The van der Waals surface area contributed by atoms with Crippen LogP contribution in [0, 0.1) is 0 Å². The van der Waals surface area contributed by atoms with Crippen molar-refractivity contribution in [3.63, 3.8) is 0 Å². The van der Waals surface area contributed by atoms with Crippen LogP contribution in [0.2, 0.25) is 0 Å². The van der Waals surface area contributed by atoms with E-state index < -0.39 is 24.0 Å². The van der Waals surface area contributed by atoms with E-state index in [1.165, 1.54) is 0 Å². The topological polar surface area (TPSA) is 150 Å². The lowest BCUT2D eigenvalue weighted by molar-refractivity contribution is -0.138. The SMILES string of the molecule is C[C@H](Nc1ccc2ccc3cccnc3c2n1)C(=O)O.C[C@H](Nc1ccc2ccc3cccnc3c2n1)C(=O)O. The van der Waals surface area contributed by atoms with Gasteiger partial charge in [-0.15, -0.1) is 0 Å². The van der Waals surface area contributed by atoms with Gasteiger partial charge in [-0.2, -0.15) is 0 Å². The van der Waals surface area contributed by atoms with E-state index in [-0.39, 0.29) is 0 Å². The molecule has 4 aromatic heterocycles. The number of nitrogens with zero attached hydrogens (tertiary/aromatic N) is 4. The third-order valence-electron chi connectivity index (χ3n) is 6.33. The summed E-state index contributed by atoms with van der Waals surface area (Å²) in [6.07, 6.45) is 3.45. The quantitative estimate of drug-likeness (QED) is 0.206. The van der Waals surface area contributed by atoms with E-state index in [1.807, 2.05) is 60.7 Å². The molecule has 0 radical (unpaired) electrons. The highest BCUT2D eigenvalue weighted by atomic mass is 16.4. The Hall–Kier alpha value is -5.38. The monoisotopic (exact) mass is 534 g/mol. The molecule has 10 nitrogen and oxygen atoms in total. The van der Waals surface area contributed by atoms with Crippen molar-refractivity contribution in [2.45, 2.75) is 25.9 Å². The number of nitrogens with one attached hydrogen (secondary N) is 2. The number of pyridine rings is 4. The number of anilines is 2. The molecule has 4 N–H and O–H groups in total. The van der Waals surface area contributed by atoms with Crippen LogP contribution in [-0.4, -0.2) is 54.2 Å². The Morgan fingerprint density at radius 3 is 1.30 bits per heavy atom. The second kappa shape index (κ2) is 11.2. The predicted octanol–water partition coefficient (Wildman–Crippen LogP) is 5.34. The Morgan fingerprint density at radius 1 is 0.575 bits per heavy atom. The molecule has 40 heavy (non-hydrogen) atoms. The number of aromatic nitrogens is 4. The van der Waals surface area contributed by atoms with Gasteiger partial charge >= 0.3 is 11.9 Å². The Morgan fingerprint density at radius 2 is 0.925 bits per heavy atom. The number of carboxylic acids is 2. The molecule has 6 rings (SSSR count). The zero-order valence-corrected chi connectivity index (χ0v) is 21.7. The van der Waals surface area contributed by atoms with Gasteiger partial charge in [0, 0.05) is 33.9 Å². The van der Waals surface area contributed by atoms with Crippen molar-refractivity contribution >= 4 is 67.2 Å². The second-order valence-electron chi connectivity index (χ2n) is 9.23. The summed E-state index contributed by atoms with van der Waals surface area (Å²) in [6.45, 7) is 3.16. The summed E-state index contributed by atoms with van der Waals surface area (Å²) >= 11 is 0. The first kappa shape index (κ1) is 26.2. The molecule has 6 aromatic rings. The number of carboxylic acid groups (broad SMARTS) is 2. The average Bonchev–Trinajstić information content (AvgIpc) is 2.97. The largest absolute Gasteiger partial charge is 0.480 e. The molecule has 0 amide bonds. The molecule has 2 aromatic carbocycles. The van der Waals surface area contributed by atoms with Gasteiger partial charge in [0.05, 0.1) is 22.1 Å². The zero-order valence-electron chi connectivity index (χ0n) is 21.7. The summed E-state index contributed by atoms with van der Waals surface area (Å²) in [5.41, 5.74) is 3.17. The lowest BCUT2D eigenvalue weighted by Crippen LogP contribution is -2.25. The van der Waals surface area contributed by atoms with Crippen LogP contribution >= 0.6 is 0 Å². The molecule has 0 bridgehead atoms. The average molecular weight is 535 g/mol. The van der Waals surface area contributed by atoms with Crippen LogP contribution in [0.15, 0.2) is 85.2 Å². The van der Waals surface area contributed by atoms with E-state index in [0.717, 1.165) is 43.6 Å². The molecule has 0 fully saturated rings. The highest BCUT2D eigenvalue weighted by Crippen LogP contribution is 2.24. The van der Waals surface area contributed by atoms with Gasteiger partial charge in [0.1, 0.15) is 23.7 Å². The number of hydrogen-bond acceptors (Lipinski definition) is 8. The van der Waals surface area contributed by atoms with Crippen LogP contribution in [0.4, 0.5) is 11.6 Å². The van der Waals surface area contributed by atoms with E-state index in [0.29, 0.717) is 11.6 Å². The van der Waals surface area contributed by atoms with Gasteiger partial charge in [-0.1, -0.05) is 36.4 Å². The minimum atomic E-state index is -0.914. The highest BCUT2D eigenvalue weighted by Gasteiger charge is 2.13. The molecule has 0 spiro atoms. The maximum Gasteiger partial charge on any atom is 0.325 e. The lowest BCUT2D eigenvalue weighted by Gasteiger charge is -2.11. The fourth-order valence-corrected chi connectivity index (χ4v) is 4.18. The number of hydrogen-bond donors (Lipinski definition) is 4. The standard InChI is InChI=1S/2C15H13N3O2/c2*1-9(15(19)20)17-12-7-6-11-5-4-10-3-2-8-16-13(10)14(11)18-12/h2*2-9H,1H3,(H,17,18)(H,19,20)/t2*9-/m00/s1. The van der Waals surface area contributed by atoms with Crippen LogP contribution in [0.3, 0.4) is 0 Å². The lowest BCUT2D eigenvalue weighted by atomic mass is 10.1. The van der Waals surface area contributed by atoms with Gasteiger partial charge < -0.3 is 20.8 Å². The van der Waals surface area contributed by atoms with E-state index in [9.17, 15) is 9.59 Å². The molecule has 0 saturated heterocycles. The van der Waals surface area contributed by atoms with Crippen LogP contribution in [0.1, 0.15) is 13.8 Å². The Bertz CT molecular complexity index is 1740. The summed E-state index contributed by atoms with van der Waals surface area (Å²) < 4.78 is 0. The summed E-state index contributed by atoms with van der Waals surface area (Å²) in [5.74, 6) is -0.762. The molecule has 0 aliphatic heterocycles. The zero-order chi connectivity index (χ0) is 28.2. The molecule has 0 aliphatic carbocycles. The third-order valence-corrected chi connectivity index (χ3v) is 6.33. The molecule has 2 atom stereocenters. The maximum atomic E-state index is 10.9. The van der Waals surface area contributed by atoms with Gasteiger partial charge in [-0.25, -0.2) is 9.97 Å². The fourth-order valence-electron chi connectivity index (χ4n) is 4.18. The molecule has 10 heteroatoms. The number of carbonyl (C=O) groups is 2. The molecular weight excluding hydrogens is 508 g/mol. The smallest absolute Gasteiger partial charge is 0.325 e. The van der Waals surface area contributed by atoms with Gasteiger partial charge in [0.15, 0.2) is 0 Å². The minimum Gasteiger partial charge on any atom is -0.480 e. The number of fused-ring (bicyclic) bond motifs is 6. The number of rotatable bonds is 6. The van der Waals surface area contributed by atoms with E-state index in [2.05, 4.69) is 30.6 Å². The van der Waals surface area contributed by atoms with Crippen LogP contribution in [-0.2, 0) is 9.59 Å². The van der Waals surface area contributed by atoms with Crippen molar-refractivity contribution in [3.05, 3.63) is 85.2 Å². The minimum absolute atomic E-state index is 0.533. The number of aliphatic carboxylic acids is 2. The van der Waals surface area contributed by atoms with Crippen LogP contribution in [0.25, 0.3) is 43.6 Å². The summed E-state index contributed by atoms with van der Waals surface area (Å²) in [5, 5.41) is 27.5. The summed E-state index contributed by atoms with van der Waals surface area (Å²) in [6, 6.07) is 21.7. The molecule has 0 aliphatic rings. The first-order valence-electron chi connectivity index (χ1n) is 12.6. The van der Waals surface area contributed by atoms with Crippen molar-refractivity contribution in [3.8, 4) is 0 Å². The molecule has 200 valence electrons. The van der Waals surface area contributed by atoms with Gasteiger partial charge in [0.25, 0.3) is 0 Å². The Balaban J connectivity index is 0.000000161. The van der Waals surface area contributed by atoms with Crippen LogP contribution < -0.4 is 10.6 Å². The molecular formula is C30H26N6O4. The predicted molar refractivity (Wildman–Crippen MR) is 156 cm³/mol. The van der Waals surface area contributed by atoms with Gasteiger partial charge in [-0.05, 0) is 50.2 Å². The van der Waals surface area contributed by atoms with E-state index in [1.54, 1.807) is 38.4 Å².